The number of nitrogens with one attached hydrogen (secondary N) is 1. The number of hydrogen-bond acceptors (Lipinski definition) is 4. The third-order valence-corrected chi connectivity index (χ3v) is 6.05. The monoisotopic (exact) mass is 529 g/mol. The summed E-state index contributed by atoms with van der Waals surface area (Å²) in [7, 11) is 3.55. The molecule has 0 spiro atoms. The van der Waals surface area contributed by atoms with Gasteiger partial charge in [-0.15, -0.1) is 24.0 Å². The van der Waals surface area contributed by atoms with E-state index in [0.29, 0.717) is 6.54 Å². The summed E-state index contributed by atoms with van der Waals surface area (Å²) in [6, 6.07) is 10.2. The van der Waals surface area contributed by atoms with Crippen LogP contribution < -0.4 is 5.32 Å². The predicted octanol–water partition coefficient (Wildman–Crippen LogP) is 2.20. The average molecular weight is 529 g/mol. The molecular formula is C22H36IN5O2. The number of guanidine groups is 1. The van der Waals surface area contributed by atoms with E-state index in [0.717, 1.165) is 63.6 Å². The number of carbonyl (C=O) groups excluding carboxylic acids is 1. The molecule has 2 heterocycles. The van der Waals surface area contributed by atoms with E-state index < -0.39 is 0 Å². The average Bonchev–Trinajstić information content (AvgIpc) is 3.32. The Morgan fingerprint density at radius 3 is 2.27 bits per heavy atom. The Labute approximate surface area is 197 Å². The van der Waals surface area contributed by atoms with Crippen LogP contribution in [0.5, 0.6) is 0 Å². The Morgan fingerprint density at radius 2 is 1.70 bits per heavy atom. The van der Waals surface area contributed by atoms with E-state index >= 15 is 0 Å². The van der Waals surface area contributed by atoms with E-state index in [1.54, 1.807) is 7.11 Å². The Hall–Kier alpha value is -1.39. The van der Waals surface area contributed by atoms with Gasteiger partial charge in [0.05, 0.1) is 12.1 Å². The van der Waals surface area contributed by atoms with Crippen molar-refractivity contribution in [3.05, 3.63) is 35.9 Å². The maximum atomic E-state index is 12.7. The zero-order chi connectivity index (χ0) is 20.6. The van der Waals surface area contributed by atoms with E-state index in [1.165, 1.54) is 0 Å². The summed E-state index contributed by atoms with van der Waals surface area (Å²) < 4.78 is 5.66. The van der Waals surface area contributed by atoms with Crippen LogP contribution in [-0.2, 0) is 9.53 Å². The third kappa shape index (κ3) is 6.31. The Balaban J connectivity index is 0.00000320. The van der Waals surface area contributed by atoms with Crippen LogP contribution in [0.25, 0.3) is 0 Å². The number of rotatable bonds is 6. The van der Waals surface area contributed by atoms with E-state index in [2.05, 4.69) is 32.2 Å². The van der Waals surface area contributed by atoms with Crippen LogP contribution in [0.2, 0.25) is 0 Å². The fourth-order valence-corrected chi connectivity index (χ4v) is 4.20. The second kappa shape index (κ2) is 12.5. The molecule has 8 heteroatoms. The molecule has 168 valence electrons. The van der Waals surface area contributed by atoms with Gasteiger partial charge in [-0.1, -0.05) is 30.3 Å². The molecule has 3 rings (SSSR count). The highest BCUT2D eigenvalue weighted by molar-refractivity contribution is 14.0. The molecule has 2 fully saturated rings. The fraction of sp³-hybridized carbons (Fsp3) is 0.636. The van der Waals surface area contributed by atoms with Crippen molar-refractivity contribution in [1.82, 2.24) is 20.0 Å². The number of amides is 1. The van der Waals surface area contributed by atoms with Gasteiger partial charge in [-0.25, -0.2) is 0 Å². The van der Waals surface area contributed by atoms with Gasteiger partial charge in [0.2, 0.25) is 5.91 Å². The van der Waals surface area contributed by atoms with Crippen molar-refractivity contribution < 1.29 is 9.53 Å². The number of likely N-dealkylation sites (tertiary alicyclic amines) is 1. The van der Waals surface area contributed by atoms with Crippen molar-refractivity contribution in [2.75, 3.05) is 60.0 Å². The second-order valence-electron chi connectivity index (χ2n) is 7.79. The molecule has 0 bridgehead atoms. The van der Waals surface area contributed by atoms with Gasteiger partial charge in [0.25, 0.3) is 0 Å². The third-order valence-electron chi connectivity index (χ3n) is 6.05. The second-order valence-corrected chi connectivity index (χ2v) is 7.79. The predicted molar refractivity (Wildman–Crippen MR) is 131 cm³/mol. The maximum Gasteiger partial charge on any atom is 0.239 e. The molecule has 0 aliphatic carbocycles. The van der Waals surface area contributed by atoms with Gasteiger partial charge in [-0.3, -0.25) is 14.7 Å². The molecule has 1 aromatic carbocycles. The lowest BCUT2D eigenvalue weighted by molar-refractivity contribution is -0.135. The van der Waals surface area contributed by atoms with Crippen molar-refractivity contribution >= 4 is 35.8 Å². The number of nitrogens with zero attached hydrogens (tertiary/aromatic N) is 4. The summed E-state index contributed by atoms with van der Waals surface area (Å²) in [6.07, 6.45) is 2.26. The van der Waals surface area contributed by atoms with Crippen LogP contribution in [-0.4, -0.2) is 92.6 Å². The number of hydrogen-bond donors (Lipinski definition) is 1. The number of methoxy groups -OCH3 is 1. The number of ether oxygens (including phenoxy) is 1. The van der Waals surface area contributed by atoms with Gasteiger partial charge in [0, 0.05) is 60.0 Å². The van der Waals surface area contributed by atoms with Crippen LogP contribution in [0, 0.1) is 0 Å². The lowest BCUT2D eigenvalue weighted by Gasteiger charge is -2.39. The van der Waals surface area contributed by atoms with Gasteiger partial charge in [-0.2, -0.15) is 0 Å². The lowest BCUT2D eigenvalue weighted by atomic mass is 10.1. The first-order valence-corrected chi connectivity index (χ1v) is 10.7. The Kier molecular flexibility index (Phi) is 10.3. The molecule has 7 nitrogen and oxygen atoms in total. The molecular weight excluding hydrogens is 493 g/mol. The van der Waals surface area contributed by atoms with Gasteiger partial charge in [0.1, 0.15) is 0 Å². The number of benzene rings is 1. The molecule has 0 saturated carbocycles. The molecule has 2 unspecified atom stereocenters. The van der Waals surface area contributed by atoms with E-state index in [1.807, 2.05) is 37.1 Å². The highest BCUT2D eigenvalue weighted by Gasteiger charge is 2.30. The molecule has 30 heavy (non-hydrogen) atoms. The lowest BCUT2D eigenvalue weighted by Crippen LogP contribution is -2.57. The number of piperazine rings is 1. The van der Waals surface area contributed by atoms with Gasteiger partial charge in [-0.05, 0) is 25.3 Å². The molecule has 1 N–H and O–H groups in total. The molecule has 0 radical (unpaired) electrons. The van der Waals surface area contributed by atoms with Crippen LogP contribution in [0.3, 0.4) is 0 Å². The largest absolute Gasteiger partial charge is 0.375 e. The van der Waals surface area contributed by atoms with Crippen molar-refractivity contribution in [2.45, 2.75) is 31.9 Å². The highest BCUT2D eigenvalue weighted by Crippen LogP contribution is 2.16. The summed E-state index contributed by atoms with van der Waals surface area (Å²) >= 11 is 0. The first-order chi connectivity index (χ1) is 14.1. The van der Waals surface area contributed by atoms with Gasteiger partial charge >= 0.3 is 0 Å². The van der Waals surface area contributed by atoms with Crippen molar-refractivity contribution in [1.29, 1.82) is 0 Å². The Morgan fingerprint density at radius 1 is 1.07 bits per heavy atom. The zero-order valence-electron chi connectivity index (χ0n) is 18.4. The van der Waals surface area contributed by atoms with Crippen LogP contribution in [0.4, 0.5) is 0 Å². The van der Waals surface area contributed by atoms with E-state index in [-0.39, 0.29) is 42.0 Å². The zero-order valence-corrected chi connectivity index (χ0v) is 20.7. The molecule has 2 aliphatic heterocycles. The summed E-state index contributed by atoms with van der Waals surface area (Å²) in [4.78, 5) is 23.7. The maximum absolute atomic E-state index is 12.7. The van der Waals surface area contributed by atoms with E-state index in [9.17, 15) is 4.79 Å². The van der Waals surface area contributed by atoms with Crippen LogP contribution in [0.1, 0.15) is 31.4 Å². The Bertz CT molecular complexity index is 673. The van der Waals surface area contributed by atoms with Crippen LogP contribution in [0.15, 0.2) is 35.3 Å². The van der Waals surface area contributed by atoms with Crippen LogP contribution >= 0.6 is 24.0 Å². The van der Waals surface area contributed by atoms with E-state index in [4.69, 9.17) is 4.74 Å². The minimum atomic E-state index is -0.0406. The molecule has 2 atom stereocenters. The number of halogens is 1. The van der Waals surface area contributed by atoms with Gasteiger partial charge in [0.15, 0.2) is 5.96 Å². The summed E-state index contributed by atoms with van der Waals surface area (Å²) in [5.74, 6) is 1.17. The molecule has 1 amide bonds. The standard InChI is InChI=1S/C22H35N5O2.HI/c1-18(21(28)26-11-7-8-12-26)25-13-15-27(16-14-25)22(23-2)24-17-20(29-3)19-9-5-4-6-10-19;/h4-6,9-10,18,20H,7-8,11-17H2,1-3H3,(H,23,24);1H. The van der Waals surface area contributed by atoms with Crippen molar-refractivity contribution in [2.24, 2.45) is 4.99 Å². The van der Waals surface area contributed by atoms with Gasteiger partial charge < -0.3 is 19.9 Å². The quantitative estimate of drug-likeness (QED) is 0.348. The van der Waals surface area contributed by atoms with Crippen molar-refractivity contribution in [3.8, 4) is 0 Å². The minimum Gasteiger partial charge on any atom is -0.375 e. The summed E-state index contributed by atoms with van der Waals surface area (Å²) in [6.45, 7) is 8.01. The fourth-order valence-electron chi connectivity index (χ4n) is 4.20. The SMILES string of the molecule is CN=C(NCC(OC)c1ccccc1)N1CCN(C(C)C(=O)N2CCCC2)CC1.I. The smallest absolute Gasteiger partial charge is 0.239 e. The molecule has 1 aromatic rings. The molecule has 2 aliphatic rings. The first-order valence-electron chi connectivity index (χ1n) is 10.7. The first kappa shape index (κ1) is 24.9. The molecule has 2 saturated heterocycles. The summed E-state index contributed by atoms with van der Waals surface area (Å²) in [5, 5.41) is 3.46. The number of carbonyl (C=O) groups is 1. The number of aliphatic imine (C=N–C) groups is 1. The summed E-state index contributed by atoms with van der Waals surface area (Å²) in [5.41, 5.74) is 1.15. The normalized spacial score (nSPS) is 19.9. The topological polar surface area (TPSA) is 60.4 Å². The van der Waals surface area contributed by atoms with Crippen molar-refractivity contribution in [3.63, 3.8) is 0 Å². The molecule has 0 aromatic heterocycles. The highest BCUT2D eigenvalue weighted by atomic mass is 127. The minimum absolute atomic E-state index is 0.